The molecule has 12 heteroatoms. The molecular formula is C35H56N4O8. The zero-order chi connectivity index (χ0) is 35.3. The molecule has 0 spiro atoms. The van der Waals surface area contributed by atoms with Gasteiger partial charge in [0.15, 0.2) is 5.60 Å². The van der Waals surface area contributed by atoms with E-state index in [1.165, 1.54) is 4.90 Å². The number of anilines is 2. The van der Waals surface area contributed by atoms with Gasteiger partial charge in [0, 0.05) is 51.7 Å². The normalized spacial score (nSPS) is 19.6. The van der Waals surface area contributed by atoms with Gasteiger partial charge in [-0.05, 0) is 100 Å². The summed E-state index contributed by atoms with van der Waals surface area (Å²) >= 11 is 0. The van der Waals surface area contributed by atoms with Crippen LogP contribution >= 0.6 is 0 Å². The number of carbonyl (C=O) groups is 4. The molecule has 12 nitrogen and oxygen atoms in total. The predicted octanol–water partition coefficient (Wildman–Crippen LogP) is 4.77. The molecule has 4 amide bonds. The Morgan fingerprint density at radius 2 is 1.77 bits per heavy atom. The largest absolute Gasteiger partial charge is 0.476 e. The lowest BCUT2D eigenvalue weighted by molar-refractivity contribution is -0.133. The zero-order valence-electron chi connectivity index (χ0n) is 30.2. The fourth-order valence-corrected chi connectivity index (χ4v) is 5.94. The van der Waals surface area contributed by atoms with Crippen LogP contribution in [0.2, 0.25) is 0 Å². The number of carbonyl (C=O) groups excluding carboxylic acids is 4. The number of likely N-dealkylation sites (tertiary alicyclic amines) is 1. The lowest BCUT2D eigenvalue weighted by Crippen LogP contribution is -2.57. The first kappa shape index (κ1) is 38.1. The zero-order valence-corrected chi connectivity index (χ0v) is 30.2. The van der Waals surface area contributed by atoms with Crippen LogP contribution in [0.5, 0.6) is 5.75 Å². The van der Waals surface area contributed by atoms with E-state index in [1.54, 1.807) is 57.6 Å². The van der Waals surface area contributed by atoms with Crippen molar-refractivity contribution in [3.8, 4) is 5.75 Å². The number of amides is 4. The fourth-order valence-electron chi connectivity index (χ4n) is 5.94. The number of nitrogens with zero attached hydrogens (tertiary/aromatic N) is 3. The molecule has 0 aliphatic carbocycles. The summed E-state index contributed by atoms with van der Waals surface area (Å²) in [5.74, 6) is -1.44. The Balaban J connectivity index is 1.97. The average molecular weight is 661 g/mol. The molecule has 1 N–H and O–H groups in total. The van der Waals surface area contributed by atoms with E-state index >= 15 is 0 Å². The fraction of sp³-hybridized carbons (Fsp3) is 0.714. The molecule has 0 radical (unpaired) electrons. The molecule has 1 saturated heterocycles. The molecule has 1 aromatic rings. The molecule has 3 rings (SSSR count). The van der Waals surface area contributed by atoms with Gasteiger partial charge >= 0.3 is 6.09 Å². The van der Waals surface area contributed by atoms with Gasteiger partial charge in [-0.3, -0.25) is 14.4 Å². The molecule has 1 fully saturated rings. The minimum Gasteiger partial charge on any atom is -0.476 e. The Bertz CT molecular complexity index is 1290. The standard InChI is InChI=1S/C35H56N4O8/c1-12-45-22-34(7,8)36-29(40)24-18-25(21-37(20-24)32(43)47-33(4,5)6)30(41)39(23(2)3)26-14-15-28-27(19-26)38(16-13-17-44-11)31(42)35(9,10)46-28/h14-15,19,23-25H,12-13,16-18,20-22H2,1-11H3,(H,36,40)/t24-,25+/m0/s1. The maximum Gasteiger partial charge on any atom is 0.410 e. The first-order valence-corrected chi connectivity index (χ1v) is 16.6. The molecule has 0 aromatic heterocycles. The highest BCUT2D eigenvalue weighted by Gasteiger charge is 2.43. The topological polar surface area (TPSA) is 127 Å². The lowest BCUT2D eigenvalue weighted by Gasteiger charge is -2.41. The molecule has 2 aliphatic heterocycles. The van der Waals surface area contributed by atoms with E-state index in [-0.39, 0.29) is 43.3 Å². The number of ether oxygens (including phenoxy) is 4. The molecule has 2 aliphatic rings. The molecule has 0 saturated carbocycles. The molecule has 264 valence electrons. The summed E-state index contributed by atoms with van der Waals surface area (Å²) in [4.78, 5) is 59.7. The van der Waals surface area contributed by atoms with Crippen LogP contribution in [0.3, 0.4) is 0 Å². The van der Waals surface area contributed by atoms with Gasteiger partial charge in [0.1, 0.15) is 11.4 Å². The van der Waals surface area contributed by atoms with Crippen LogP contribution in [0, 0.1) is 11.8 Å². The van der Waals surface area contributed by atoms with E-state index in [1.807, 2.05) is 46.8 Å². The molecule has 47 heavy (non-hydrogen) atoms. The maximum atomic E-state index is 14.5. The van der Waals surface area contributed by atoms with E-state index in [9.17, 15) is 19.2 Å². The molecular weight excluding hydrogens is 604 g/mol. The Labute approximate surface area is 280 Å². The molecule has 1 aromatic carbocycles. The van der Waals surface area contributed by atoms with E-state index in [4.69, 9.17) is 18.9 Å². The van der Waals surface area contributed by atoms with Crippen LogP contribution in [0.25, 0.3) is 0 Å². The van der Waals surface area contributed by atoms with Gasteiger partial charge in [0.2, 0.25) is 11.8 Å². The van der Waals surface area contributed by atoms with Crippen LogP contribution in [0.4, 0.5) is 16.2 Å². The number of benzene rings is 1. The number of rotatable bonds is 12. The minimum atomic E-state index is -1.05. The minimum absolute atomic E-state index is 0.104. The highest BCUT2D eigenvalue weighted by Crippen LogP contribution is 2.41. The summed E-state index contributed by atoms with van der Waals surface area (Å²) in [6.07, 6.45) is 0.306. The Morgan fingerprint density at radius 1 is 1.11 bits per heavy atom. The molecule has 0 unspecified atom stereocenters. The summed E-state index contributed by atoms with van der Waals surface area (Å²) in [7, 11) is 1.62. The Hall–Kier alpha value is -3.38. The van der Waals surface area contributed by atoms with Gasteiger partial charge in [-0.1, -0.05) is 0 Å². The first-order valence-electron chi connectivity index (χ1n) is 16.6. The summed E-state index contributed by atoms with van der Waals surface area (Å²) in [6.45, 7) is 20.3. The van der Waals surface area contributed by atoms with Crippen LogP contribution in [-0.2, 0) is 28.6 Å². The third-order valence-electron chi connectivity index (χ3n) is 8.07. The number of hydrogen-bond acceptors (Lipinski definition) is 8. The van der Waals surface area contributed by atoms with E-state index in [0.29, 0.717) is 49.9 Å². The van der Waals surface area contributed by atoms with Gasteiger partial charge < -0.3 is 39.0 Å². The monoisotopic (exact) mass is 660 g/mol. The first-order chi connectivity index (χ1) is 21.8. The summed E-state index contributed by atoms with van der Waals surface area (Å²) in [5.41, 5.74) is -1.27. The lowest BCUT2D eigenvalue weighted by atomic mass is 9.86. The number of hydrogen-bond donors (Lipinski definition) is 1. The van der Waals surface area contributed by atoms with E-state index in [0.717, 1.165) is 0 Å². The molecule has 2 heterocycles. The second-order valence-corrected chi connectivity index (χ2v) is 14.9. The number of nitrogens with one attached hydrogen (secondary N) is 1. The van der Waals surface area contributed by atoms with Gasteiger partial charge in [0.05, 0.1) is 29.7 Å². The summed E-state index contributed by atoms with van der Waals surface area (Å²) < 4.78 is 22.5. The quantitative estimate of drug-likeness (QED) is 0.318. The molecule has 2 atom stereocenters. The van der Waals surface area contributed by atoms with Crippen molar-refractivity contribution in [3.63, 3.8) is 0 Å². The number of piperidine rings is 1. The van der Waals surface area contributed by atoms with Gasteiger partial charge in [-0.2, -0.15) is 0 Å². The Morgan fingerprint density at radius 3 is 2.36 bits per heavy atom. The third kappa shape index (κ3) is 9.82. The van der Waals surface area contributed by atoms with Crippen molar-refractivity contribution in [2.45, 2.75) is 105 Å². The number of fused-ring (bicyclic) bond motifs is 1. The Kier molecular flexibility index (Phi) is 12.3. The average Bonchev–Trinajstić information content (AvgIpc) is 2.96. The van der Waals surface area contributed by atoms with Crippen LogP contribution < -0.4 is 19.9 Å². The van der Waals surface area contributed by atoms with Crippen molar-refractivity contribution in [1.82, 2.24) is 10.2 Å². The molecule has 0 bridgehead atoms. The summed E-state index contributed by atoms with van der Waals surface area (Å²) in [6, 6.07) is 5.14. The SMILES string of the molecule is CCOCC(C)(C)NC(=O)[C@H]1C[C@@H](C(=O)N(c2ccc3c(c2)N(CCCOC)C(=O)C(C)(C)O3)C(C)C)CN(C(=O)OC(C)(C)C)C1. The van der Waals surface area contributed by atoms with Gasteiger partial charge in [-0.25, -0.2) is 4.79 Å². The van der Waals surface area contributed by atoms with Crippen molar-refractivity contribution >= 4 is 35.2 Å². The third-order valence-corrected chi connectivity index (χ3v) is 8.07. The van der Waals surface area contributed by atoms with Crippen LogP contribution in [-0.4, -0.2) is 98.1 Å². The van der Waals surface area contributed by atoms with Crippen LogP contribution in [0.15, 0.2) is 18.2 Å². The predicted molar refractivity (Wildman–Crippen MR) is 181 cm³/mol. The van der Waals surface area contributed by atoms with Gasteiger partial charge in [-0.15, -0.1) is 0 Å². The van der Waals surface area contributed by atoms with Crippen LogP contribution in [0.1, 0.15) is 82.1 Å². The van der Waals surface area contributed by atoms with Crippen molar-refractivity contribution in [2.75, 3.05) is 56.4 Å². The maximum absolute atomic E-state index is 14.5. The van der Waals surface area contributed by atoms with E-state index < -0.39 is 34.7 Å². The van der Waals surface area contributed by atoms with Gasteiger partial charge in [0.25, 0.3) is 5.91 Å². The summed E-state index contributed by atoms with van der Waals surface area (Å²) in [5, 5.41) is 3.05. The highest BCUT2D eigenvalue weighted by molar-refractivity contribution is 6.04. The second kappa shape index (κ2) is 15.2. The van der Waals surface area contributed by atoms with Crippen molar-refractivity contribution in [2.24, 2.45) is 11.8 Å². The smallest absolute Gasteiger partial charge is 0.410 e. The van der Waals surface area contributed by atoms with Crippen molar-refractivity contribution < 1.29 is 38.1 Å². The highest BCUT2D eigenvalue weighted by atomic mass is 16.6. The van der Waals surface area contributed by atoms with E-state index in [2.05, 4.69) is 5.32 Å². The van der Waals surface area contributed by atoms with Crippen molar-refractivity contribution in [1.29, 1.82) is 0 Å². The van der Waals surface area contributed by atoms with Crippen molar-refractivity contribution in [3.05, 3.63) is 18.2 Å². The number of methoxy groups -OCH3 is 1. The second-order valence-electron chi connectivity index (χ2n) is 14.9.